The third kappa shape index (κ3) is 28.6. The summed E-state index contributed by atoms with van der Waals surface area (Å²) in [4.78, 5) is 62.3. The number of hydrogen-bond donors (Lipinski definition) is 8. The number of nitrogens with zero attached hydrogens (tertiary/aromatic N) is 11. The maximum absolute atomic E-state index is 13.7. The van der Waals surface area contributed by atoms with Crippen molar-refractivity contribution in [3.8, 4) is 50.8 Å². The van der Waals surface area contributed by atoms with Crippen LogP contribution in [0.3, 0.4) is 0 Å². The molecule has 2 unspecified atom stereocenters. The molecule has 1 saturated carbocycles. The fraction of sp³-hybridized carbons (Fsp3) is 0.231. The standard InChI is InChI=1S/C24H17ClF3N5O.C17H13ClF3N3O.C16H11ClF3N3O.C11H9BrF3N3O.C9H19N.C8H7BrN2.C6H6BClO2/c1-32-13-30-18-8-7-17(10-19(18)32)33-11-15-4-9-20(29-12-24(26,27)28)31-22(15)21(23(33)34)14-2-5-16(25)6-3-14;1-25-16-14(10-2-5-12(18)6-3-10)15-11(8-22-16)4-7-13(24-15)23-9-17(19,20)21;17-11-4-1-9(2-5-11)13-14-10(7-21-15(13)24)3-6-12(23-14)22-8-16(18,19)20;1-19-10-8(12)9-6(4-16-10)2-3-7(18-9)17-5-11(13,14)15;1-3-8-6-4-5-7-9(8)10-2;1-11-5-10-7-3-2-6(9)4-8(7)11;8-6-3-1-5(2-4-6)7(9)10/h2-11,13H,12H2,1H3,(H,29,31);2-8H,9H2,1H3,(H,23,24);1-7H,8H2,(H,21,24)(H,22,23);2-4H,5H2,1H3,(H,17,18);8-10H,3-7H2,1-2H3;2-5H,1H3;1-4,9-10H. The number of anilines is 4. The highest BCUT2D eigenvalue weighted by atomic mass is 79.9. The third-order valence-corrected chi connectivity index (χ3v) is 22.5. The van der Waals surface area contributed by atoms with E-state index in [-0.39, 0.29) is 51.0 Å². The van der Waals surface area contributed by atoms with E-state index < -0.39 is 58.0 Å². The molecule has 133 heavy (non-hydrogen) atoms. The van der Waals surface area contributed by atoms with E-state index in [0.29, 0.717) is 102 Å². The van der Waals surface area contributed by atoms with Crippen molar-refractivity contribution >= 4 is 180 Å². The number of benzene rings is 6. The molecule has 23 nitrogen and oxygen atoms in total. The quantitative estimate of drug-likeness (QED) is 0.0310. The number of methoxy groups -OCH3 is 2. The van der Waals surface area contributed by atoms with E-state index in [1.807, 2.05) is 53.8 Å². The van der Waals surface area contributed by atoms with Gasteiger partial charge in [0.15, 0.2) is 0 Å². The lowest BCUT2D eigenvalue weighted by atomic mass is 9.81. The van der Waals surface area contributed by atoms with Crippen LogP contribution >= 0.6 is 78.3 Å². The molecule has 2 atom stereocenters. The summed E-state index contributed by atoms with van der Waals surface area (Å²) in [6, 6.07) is 51.2. The van der Waals surface area contributed by atoms with Gasteiger partial charge >= 0.3 is 31.8 Å². The fourth-order valence-electron chi connectivity index (χ4n) is 13.8. The molecule has 0 amide bonds. The van der Waals surface area contributed by atoms with E-state index in [0.717, 1.165) is 44.1 Å². The number of halogens is 18. The molecule has 1 fully saturated rings. The number of fused-ring (bicyclic) bond motifs is 6. The summed E-state index contributed by atoms with van der Waals surface area (Å²) in [6.07, 6.45) is -0.572. The van der Waals surface area contributed by atoms with Crippen LogP contribution in [0.1, 0.15) is 39.0 Å². The van der Waals surface area contributed by atoms with Crippen molar-refractivity contribution < 1.29 is 72.2 Å². The predicted octanol–water partition coefficient (Wildman–Crippen LogP) is 22.6. The van der Waals surface area contributed by atoms with Gasteiger partial charge in [-0.3, -0.25) is 14.2 Å². The zero-order valence-corrected chi connectivity index (χ0v) is 77.3. The summed E-state index contributed by atoms with van der Waals surface area (Å²) in [6.45, 7) is -2.43. The van der Waals surface area contributed by atoms with Gasteiger partial charge in [-0.05, 0) is 197 Å². The van der Waals surface area contributed by atoms with Crippen LogP contribution in [0.25, 0.3) is 105 Å². The number of imidazole rings is 2. The predicted molar refractivity (Wildman–Crippen MR) is 508 cm³/mol. The normalized spacial score (nSPS) is 13.2. The second-order valence-electron chi connectivity index (χ2n) is 29.6. The Morgan fingerprint density at radius 2 is 0.880 bits per heavy atom. The Hall–Kier alpha value is -11.9. The number of aryl methyl sites for hydroxylation is 2. The number of H-pyrrole nitrogens is 1. The number of ether oxygens (including phenoxy) is 2. The van der Waals surface area contributed by atoms with Gasteiger partial charge in [0.1, 0.15) is 53.9 Å². The molecule has 0 bridgehead atoms. The highest BCUT2D eigenvalue weighted by Crippen LogP contribution is 2.38. The molecule has 10 heterocycles. The van der Waals surface area contributed by atoms with Crippen molar-refractivity contribution in [2.45, 2.75) is 69.8 Å². The minimum absolute atomic E-state index is 0.0218. The average Bonchev–Trinajstić information content (AvgIpc) is 0.792. The van der Waals surface area contributed by atoms with Gasteiger partial charge in [-0.15, -0.1) is 0 Å². The number of nitrogens with one attached hydrogen (secondary N) is 6. The third-order valence-electron chi connectivity index (χ3n) is 20.3. The number of pyridine rings is 8. The van der Waals surface area contributed by atoms with Gasteiger partial charge < -0.3 is 60.2 Å². The van der Waals surface area contributed by atoms with Crippen molar-refractivity contribution in [3.63, 3.8) is 0 Å². The Labute approximate surface area is 789 Å². The van der Waals surface area contributed by atoms with Crippen LogP contribution < -0.4 is 52.6 Å². The van der Waals surface area contributed by atoms with E-state index in [9.17, 15) is 62.3 Å². The van der Waals surface area contributed by atoms with E-state index in [1.165, 1.54) is 81.4 Å². The van der Waals surface area contributed by atoms with Crippen molar-refractivity contribution in [1.82, 2.24) is 63.9 Å². The van der Waals surface area contributed by atoms with Crippen molar-refractivity contribution in [2.24, 2.45) is 20.0 Å². The molecule has 16 aromatic rings. The van der Waals surface area contributed by atoms with Crippen LogP contribution in [0, 0.1) is 5.92 Å². The van der Waals surface area contributed by atoms with Crippen molar-refractivity contribution in [1.29, 1.82) is 0 Å². The van der Waals surface area contributed by atoms with Crippen LogP contribution in [0.4, 0.5) is 76.0 Å². The Morgan fingerprint density at radius 1 is 0.481 bits per heavy atom. The lowest BCUT2D eigenvalue weighted by molar-refractivity contribution is -0.116. The maximum Gasteiger partial charge on any atom is 0.488 e. The van der Waals surface area contributed by atoms with Crippen LogP contribution in [-0.4, -0.2) is 154 Å². The first kappa shape index (κ1) is 102. The summed E-state index contributed by atoms with van der Waals surface area (Å²) in [7, 11) is 7.46. The minimum Gasteiger partial charge on any atom is -0.480 e. The van der Waals surface area contributed by atoms with E-state index in [2.05, 4.69) is 123 Å². The molecule has 696 valence electrons. The zero-order chi connectivity index (χ0) is 96.2. The summed E-state index contributed by atoms with van der Waals surface area (Å²) < 4.78 is 166. The number of rotatable bonds is 17. The van der Waals surface area contributed by atoms with Crippen molar-refractivity contribution in [2.75, 3.05) is 68.7 Å². The van der Waals surface area contributed by atoms with E-state index >= 15 is 0 Å². The monoisotopic (exact) mass is 2050 g/mol. The van der Waals surface area contributed by atoms with Crippen LogP contribution in [0.2, 0.25) is 20.1 Å². The fourth-order valence-corrected chi connectivity index (χ4v) is 15.2. The SMILES string of the molecule is CCC1CCCCC1NC.COc1ncc2ccc(NCC(F)(F)F)nc2c1-c1ccc(Cl)cc1.COc1ncc2ccc(NCC(F)(F)F)nc2c1Br.Cn1cnc2ccc(-n3cc4ccc(NCC(F)(F)F)nc4c(-c4ccc(Cl)cc4)c3=O)cc21.Cn1cnc2ccc(Br)cc21.O=c1[nH]cc2ccc(NCC(F)(F)F)nc2c1-c1ccc(Cl)cc1.OB(O)c1ccc(Cl)cc1. The minimum atomic E-state index is -4.40. The van der Waals surface area contributed by atoms with Gasteiger partial charge in [0.2, 0.25) is 11.8 Å². The Balaban J connectivity index is 0.000000156. The van der Waals surface area contributed by atoms with E-state index in [4.69, 9.17) is 65.9 Å². The van der Waals surface area contributed by atoms with Crippen LogP contribution in [0.15, 0.2) is 238 Å². The van der Waals surface area contributed by atoms with Gasteiger partial charge in [-0.2, -0.15) is 52.7 Å². The molecule has 10 aromatic heterocycles. The van der Waals surface area contributed by atoms with Gasteiger partial charge in [0, 0.05) is 91.0 Å². The molecule has 42 heteroatoms. The zero-order valence-electron chi connectivity index (χ0n) is 71.1. The molecule has 0 saturated heterocycles. The largest absolute Gasteiger partial charge is 0.488 e. The summed E-state index contributed by atoms with van der Waals surface area (Å²) in [5, 5.41) is 34.4. The number of alkyl halides is 12. The number of hydrogen-bond acceptors (Lipinski definition) is 19. The summed E-state index contributed by atoms with van der Waals surface area (Å²) in [5.41, 5.74) is 8.73. The highest BCUT2D eigenvalue weighted by Gasteiger charge is 2.31. The van der Waals surface area contributed by atoms with Gasteiger partial charge in [0.05, 0.1) is 93.4 Å². The van der Waals surface area contributed by atoms with E-state index in [1.54, 1.807) is 152 Å². The topological polar surface area (TPSA) is 287 Å². The second kappa shape index (κ2) is 45.7. The molecule has 1 aliphatic carbocycles. The molecule has 17 rings (SSSR count). The molecule has 0 radical (unpaired) electrons. The molecule has 1 aliphatic rings. The second-order valence-corrected chi connectivity index (χ2v) is 33.1. The molecule has 8 N–H and O–H groups in total. The first-order valence-electron chi connectivity index (χ1n) is 40.3. The Kier molecular flexibility index (Phi) is 34.9. The number of aromatic nitrogens is 12. The molecule has 6 aromatic carbocycles. The average molecular weight is 2050 g/mol. The summed E-state index contributed by atoms with van der Waals surface area (Å²) in [5.74, 6) is 1.93. The smallest absolute Gasteiger partial charge is 0.480 e. The Bertz CT molecular complexity index is 6780. The molecule has 0 spiro atoms. The first-order valence-corrected chi connectivity index (χ1v) is 43.4. The van der Waals surface area contributed by atoms with Crippen LogP contribution in [0.5, 0.6) is 11.8 Å². The number of aromatic amines is 1. The van der Waals surface area contributed by atoms with Gasteiger partial charge in [-0.25, -0.2) is 39.9 Å². The van der Waals surface area contributed by atoms with Crippen LogP contribution in [-0.2, 0) is 14.1 Å². The highest BCUT2D eigenvalue weighted by molar-refractivity contribution is 9.11. The lowest BCUT2D eigenvalue weighted by Crippen LogP contribution is -2.35. The van der Waals surface area contributed by atoms with Gasteiger partial charge in [-0.1, -0.05) is 137 Å². The molecular formula is C91H82BBr2Cl4F12N17O6. The maximum atomic E-state index is 13.7. The van der Waals surface area contributed by atoms with Gasteiger partial charge in [0.25, 0.3) is 11.1 Å². The summed E-state index contributed by atoms with van der Waals surface area (Å²) >= 11 is 30.0. The molecular weight excluding hydrogens is 1970 g/mol. The Morgan fingerprint density at radius 3 is 1.33 bits per heavy atom. The first-order chi connectivity index (χ1) is 63.1. The molecule has 0 aliphatic heterocycles. The van der Waals surface area contributed by atoms with Crippen molar-refractivity contribution in [3.05, 3.63) is 269 Å². The lowest BCUT2D eigenvalue weighted by Gasteiger charge is -2.30.